The second-order valence-corrected chi connectivity index (χ2v) is 2.07. The van der Waals surface area contributed by atoms with Crippen molar-refractivity contribution in [1.82, 2.24) is 20.4 Å². The third-order valence-corrected chi connectivity index (χ3v) is 1.31. The lowest BCUT2D eigenvalue weighted by molar-refractivity contribution is 0.891. The normalized spacial score (nSPS) is 10.2. The molecule has 0 aliphatic rings. The van der Waals surface area contributed by atoms with E-state index in [1.54, 1.807) is 12.1 Å². The quantitative estimate of drug-likeness (QED) is 0.567. The van der Waals surface area contributed by atoms with Crippen LogP contribution in [0, 0.1) is 0 Å². The van der Waals surface area contributed by atoms with Crippen molar-refractivity contribution in [3.63, 3.8) is 0 Å². The standard InChI is InChI=1S/C6H5N5/c7-6-2-1-4-5(9-6)3-8-11-10-4/h1-3H,(H2,7,9). The fraction of sp³-hybridized carbons (Fsp3) is 0. The molecule has 0 saturated heterocycles. The first-order chi connectivity index (χ1) is 5.36. The number of hydrogen-bond acceptors (Lipinski definition) is 5. The molecule has 2 N–H and O–H groups in total. The summed E-state index contributed by atoms with van der Waals surface area (Å²) in [6.07, 6.45) is 1.53. The van der Waals surface area contributed by atoms with Crippen molar-refractivity contribution in [3.05, 3.63) is 18.3 Å². The van der Waals surface area contributed by atoms with Gasteiger partial charge in [-0.15, -0.1) is 10.2 Å². The van der Waals surface area contributed by atoms with Gasteiger partial charge in [0.2, 0.25) is 0 Å². The van der Waals surface area contributed by atoms with Gasteiger partial charge < -0.3 is 5.73 Å². The van der Waals surface area contributed by atoms with Crippen LogP contribution in [0.25, 0.3) is 11.0 Å². The SMILES string of the molecule is Nc1ccc2nnncc2n1. The molecule has 2 aromatic heterocycles. The third kappa shape index (κ3) is 0.958. The van der Waals surface area contributed by atoms with Crippen molar-refractivity contribution in [1.29, 1.82) is 0 Å². The molecule has 11 heavy (non-hydrogen) atoms. The first-order valence-electron chi connectivity index (χ1n) is 3.07. The second kappa shape index (κ2) is 2.12. The molecule has 54 valence electrons. The van der Waals surface area contributed by atoms with Gasteiger partial charge in [-0.25, -0.2) is 4.98 Å². The summed E-state index contributed by atoms with van der Waals surface area (Å²) < 4.78 is 0. The van der Waals surface area contributed by atoms with Gasteiger partial charge in [-0.1, -0.05) is 0 Å². The van der Waals surface area contributed by atoms with Gasteiger partial charge in [-0.2, -0.15) is 0 Å². The molecule has 0 aliphatic heterocycles. The Morgan fingerprint density at radius 2 is 2.09 bits per heavy atom. The summed E-state index contributed by atoms with van der Waals surface area (Å²) in [5.41, 5.74) is 6.81. The Bertz CT molecular complexity index is 385. The minimum absolute atomic E-state index is 0.465. The van der Waals surface area contributed by atoms with E-state index in [2.05, 4.69) is 20.4 Å². The Hall–Kier alpha value is -1.78. The molecule has 0 atom stereocenters. The van der Waals surface area contributed by atoms with Crippen LogP contribution < -0.4 is 5.73 Å². The van der Waals surface area contributed by atoms with Gasteiger partial charge in [0.1, 0.15) is 16.9 Å². The molecule has 2 heterocycles. The van der Waals surface area contributed by atoms with E-state index in [1.807, 2.05) is 0 Å². The molecule has 2 aromatic rings. The molecule has 0 aliphatic carbocycles. The molecule has 0 unspecified atom stereocenters. The molecular weight excluding hydrogens is 142 g/mol. The van der Waals surface area contributed by atoms with Crippen LogP contribution >= 0.6 is 0 Å². The predicted octanol–water partition coefficient (Wildman–Crippen LogP) is 0.00200. The number of nitrogens with zero attached hydrogens (tertiary/aromatic N) is 4. The molecule has 0 saturated carbocycles. The Labute approximate surface area is 62.3 Å². The minimum Gasteiger partial charge on any atom is -0.384 e. The molecule has 5 heteroatoms. The Balaban J connectivity index is 2.83. The van der Waals surface area contributed by atoms with Gasteiger partial charge in [0.05, 0.1) is 6.20 Å². The summed E-state index contributed by atoms with van der Waals surface area (Å²) in [4.78, 5) is 3.99. The van der Waals surface area contributed by atoms with E-state index in [0.29, 0.717) is 16.9 Å². The highest BCUT2D eigenvalue weighted by atomic mass is 15.3. The zero-order chi connectivity index (χ0) is 7.68. The van der Waals surface area contributed by atoms with E-state index >= 15 is 0 Å². The first-order valence-corrected chi connectivity index (χ1v) is 3.07. The summed E-state index contributed by atoms with van der Waals surface area (Å²) in [6.45, 7) is 0. The molecule has 2 rings (SSSR count). The first kappa shape index (κ1) is 5.96. The highest BCUT2D eigenvalue weighted by molar-refractivity contribution is 5.73. The largest absolute Gasteiger partial charge is 0.384 e. The number of nitrogen functional groups attached to an aromatic ring is 1. The Kier molecular flexibility index (Phi) is 1.15. The number of nitrogens with two attached hydrogens (primary N) is 1. The molecular formula is C6H5N5. The summed E-state index contributed by atoms with van der Waals surface area (Å²) in [5, 5.41) is 10.8. The van der Waals surface area contributed by atoms with E-state index in [1.165, 1.54) is 6.20 Å². The van der Waals surface area contributed by atoms with Gasteiger partial charge in [0, 0.05) is 0 Å². The summed E-state index contributed by atoms with van der Waals surface area (Å²) in [6, 6.07) is 3.43. The van der Waals surface area contributed by atoms with Crippen LogP contribution in [-0.4, -0.2) is 20.4 Å². The second-order valence-electron chi connectivity index (χ2n) is 2.07. The van der Waals surface area contributed by atoms with Crippen LogP contribution in [0.1, 0.15) is 0 Å². The van der Waals surface area contributed by atoms with Crippen molar-refractivity contribution in [2.24, 2.45) is 0 Å². The lowest BCUT2D eigenvalue weighted by atomic mass is 10.4. The highest BCUT2D eigenvalue weighted by Gasteiger charge is 1.94. The van der Waals surface area contributed by atoms with Crippen LogP contribution in [0.4, 0.5) is 5.82 Å². The average molecular weight is 147 g/mol. The van der Waals surface area contributed by atoms with E-state index in [0.717, 1.165) is 0 Å². The van der Waals surface area contributed by atoms with E-state index in [-0.39, 0.29) is 0 Å². The Morgan fingerprint density at radius 3 is 3.00 bits per heavy atom. The van der Waals surface area contributed by atoms with Crippen molar-refractivity contribution >= 4 is 16.9 Å². The van der Waals surface area contributed by atoms with Crippen LogP contribution in [0.15, 0.2) is 18.3 Å². The number of pyridine rings is 1. The fourth-order valence-electron chi connectivity index (χ4n) is 0.817. The number of hydrogen-bond donors (Lipinski definition) is 1. The van der Waals surface area contributed by atoms with Gasteiger partial charge in [0.15, 0.2) is 0 Å². The molecule has 0 spiro atoms. The van der Waals surface area contributed by atoms with Gasteiger partial charge in [0.25, 0.3) is 0 Å². The zero-order valence-electron chi connectivity index (χ0n) is 5.60. The van der Waals surface area contributed by atoms with Crippen LogP contribution in [-0.2, 0) is 0 Å². The topological polar surface area (TPSA) is 77.6 Å². The lowest BCUT2D eigenvalue weighted by Gasteiger charge is -1.93. The number of rotatable bonds is 0. The van der Waals surface area contributed by atoms with Gasteiger partial charge in [-0.3, -0.25) is 0 Å². The van der Waals surface area contributed by atoms with Crippen LogP contribution in [0.2, 0.25) is 0 Å². The van der Waals surface area contributed by atoms with Crippen molar-refractivity contribution < 1.29 is 0 Å². The van der Waals surface area contributed by atoms with Crippen molar-refractivity contribution in [2.45, 2.75) is 0 Å². The third-order valence-electron chi connectivity index (χ3n) is 1.31. The van der Waals surface area contributed by atoms with E-state index < -0.39 is 0 Å². The fourth-order valence-corrected chi connectivity index (χ4v) is 0.817. The molecule has 0 bridgehead atoms. The molecule has 0 amide bonds. The van der Waals surface area contributed by atoms with Crippen LogP contribution in [0.5, 0.6) is 0 Å². The maximum absolute atomic E-state index is 5.44. The maximum atomic E-state index is 5.44. The minimum atomic E-state index is 0.465. The van der Waals surface area contributed by atoms with E-state index in [4.69, 9.17) is 5.73 Å². The average Bonchev–Trinajstić information content (AvgIpc) is 2.04. The molecule has 0 aromatic carbocycles. The van der Waals surface area contributed by atoms with Gasteiger partial charge >= 0.3 is 0 Å². The number of aromatic nitrogens is 4. The highest BCUT2D eigenvalue weighted by Crippen LogP contribution is 2.06. The monoisotopic (exact) mass is 147 g/mol. The Morgan fingerprint density at radius 1 is 1.18 bits per heavy atom. The van der Waals surface area contributed by atoms with Gasteiger partial charge in [-0.05, 0) is 17.3 Å². The zero-order valence-corrected chi connectivity index (χ0v) is 5.60. The van der Waals surface area contributed by atoms with Crippen molar-refractivity contribution in [2.75, 3.05) is 5.73 Å². The summed E-state index contributed by atoms with van der Waals surface area (Å²) in [7, 11) is 0. The molecule has 0 radical (unpaired) electrons. The molecule has 0 fully saturated rings. The molecule has 5 nitrogen and oxygen atoms in total. The maximum Gasteiger partial charge on any atom is 0.124 e. The predicted molar refractivity (Wildman–Crippen MR) is 39.5 cm³/mol. The van der Waals surface area contributed by atoms with Crippen molar-refractivity contribution in [3.8, 4) is 0 Å². The lowest BCUT2D eigenvalue weighted by Crippen LogP contribution is -1.93. The van der Waals surface area contributed by atoms with E-state index in [9.17, 15) is 0 Å². The van der Waals surface area contributed by atoms with Crippen LogP contribution in [0.3, 0.4) is 0 Å². The number of anilines is 1. The summed E-state index contributed by atoms with van der Waals surface area (Å²) >= 11 is 0. The smallest absolute Gasteiger partial charge is 0.124 e. The number of fused-ring (bicyclic) bond motifs is 1. The summed E-state index contributed by atoms with van der Waals surface area (Å²) in [5.74, 6) is 0.465.